The first kappa shape index (κ1) is 12.8. The van der Waals surface area contributed by atoms with Crippen molar-refractivity contribution >= 4 is 0 Å². The molecule has 1 atom stereocenters. The summed E-state index contributed by atoms with van der Waals surface area (Å²) in [6.45, 7) is 4.90. The second-order valence-corrected chi connectivity index (χ2v) is 4.52. The van der Waals surface area contributed by atoms with E-state index in [9.17, 15) is 8.78 Å². The van der Waals surface area contributed by atoms with Crippen LogP contribution in [-0.4, -0.2) is 25.2 Å². The molecule has 0 aromatic carbocycles. The molecule has 1 aliphatic carbocycles. The van der Waals surface area contributed by atoms with E-state index in [1.165, 1.54) is 0 Å². The van der Waals surface area contributed by atoms with E-state index in [0.717, 1.165) is 0 Å². The molecule has 15 heavy (non-hydrogen) atoms. The molecule has 1 aliphatic rings. The zero-order valence-electron chi connectivity index (χ0n) is 9.56. The summed E-state index contributed by atoms with van der Waals surface area (Å²) in [7, 11) is 0. The molecule has 1 rings (SSSR count). The molecule has 0 spiro atoms. The van der Waals surface area contributed by atoms with Gasteiger partial charge in [-0.1, -0.05) is 0 Å². The Kier molecular flexibility index (Phi) is 4.06. The standard InChI is InChI=1S/C11H21F2NO/c1-3-15-9(2)10(8-14)4-6-11(12,13)7-5-10/h9H,3-8,14H2,1-2H3. The van der Waals surface area contributed by atoms with Crippen LogP contribution in [0, 0.1) is 5.41 Å². The van der Waals surface area contributed by atoms with Gasteiger partial charge in [0.15, 0.2) is 0 Å². The molecule has 1 unspecified atom stereocenters. The third kappa shape index (κ3) is 2.88. The van der Waals surface area contributed by atoms with Crippen molar-refractivity contribution in [2.45, 2.75) is 51.6 Å². The summed E-state index contributed by atoms with van der Waals surface area (Å²) in [5.74, 6) is -2.50. The topological polar surface area (TPSA) is 35.2 Å². The molecule has 2 nitrogen and oxygen atoms in total. The second-order valence-electron chi connectivity index (χ2n) is 4.52. The largest absolute Gasteiger partial charge is 0.378 e. The highest BCUT2D eigenvalue weighted by atomic mass is 19.3. The van der Waals surface area contributed by atoms with Crippen LogP contribution in [0.3, 0.4) is 0 Å². The van der Waals surface area contributed by atoms with E-state index in [1.807, 2.05) is 13.8 Å². The molecule has 0 aromatic heterocycles. The SMILES string of the molecule is CCOC(C)C1(CN)CCC(F)(F)CC1. The molecule has 2 N–H and O–H groups in total. The molecule has 0 saturated heterocycles. The minimum atomic E-state index is -2.50. The number of halogens is 2. The van der Waals surface area contributed by atoms with E-state index in [1.54, 1.807) is 0 Å². The number of alkyl halides is 2. The molecule has 0 bridgehead atoms. The Hall–Kier alpha value is -0.220. The van der Waals surface area contributed by atoms with Crippen LogP contribution in [-0.2, 0) is 4.74 Å². The fourth-order valence-electron chi connectivity index (χ4n) is 2.32. The van der Waals surface area contributed by atoms with Gasteiger partial charge < -0.3 is 10.5 Å². The number of ether oxygens (including phenoxy) is 1. The molecular weight excluding hydrogens is 200 g/mol. The van der Waals surface area contributed by atoms with Gasteiger partial charge in [0, 0.05) is 31.4 Å². The van der Waals surface area contributed by atoms with Crippen LogP contribution < -0.4 is 5.73 Å². The van der Waals surface area contributed by atoms with Crippen molar-refractivity contribution in [1.29, 1.82) is 0 Å². The van der Waals surface area contributed by atoms with Crippen molar-refractivity contribution in [3.63, 3.8) is 0 Å². The maximum absolute atomic E-state index is 13.1. The summed E-state index contributed by atoms with van der Waals surface area (Å²) < 4.78 is 31.6. The summed E-state index contributed by atoms with van der Waals surface area (Å²) >= 11 is 0. The predicted octanol–water partition coefficient (Wildman–Crippen LogP) is 2.57. The molecule has 1 saturated carbocycles. The van der Waals surface area contributed by atoms with Crippen LogP contribution >= 0.6 is 0 Å². The maximum Gasteiger partial charge on any atom is 0.248 e. The molecule has 90 valence electrons. The highest BCUT2D eigenvalue weighted by Gasteiger charge is 2.45. The van der Waals surface area contributed by atoms with Gasteiger partial charge in [0.25, 0.3) is 0 Å². The lowest BCUT2D eigenvalue weighted by Gasteiger charge is -2.43. The number of rotatable bonds is 4. The van der Waals surface area contributed by atoms with Crippen LogP contribution in [0.15, 0.2) is 0 Å². The molecule has 0 aromatic rings. The summed E-state index contributed by atoms with van der Waals surface area (Å²) in [4.78, 5) is 0. The van der Waals surface area contributed by atoms with Crippen LogP contribution in [0.25, 0.3) is 0 Å². The Morgan fingerprint density at radius 3 is 2.20 bits per heavy atom. The number of hydrogen-bond acceptors (Lipinski definition) is 2. The summed E-state index contributed by atoms with van der Waals surface area (Å²) in [6.07, 6.45) is 0.807. The maximum atomic E-state index is 13.1. The Labute approximate surface area is 90.2 Å². The monoisotopic (exact) mass is 221 g/mol. The van der Waals surface area contributed by atoms with E-state index < -0.39 is 5.92 Å². The fourth-order valence-corrected chi connectivity index (χ4v) is 2.32. The quantitative estimate of drug-likeness (QED) is 0.791. The Bertz CT molecular complexity index is 199. The van der Waals surface area contributed by atoms with E-state index in [4.69, 9.17) is 10.5 Å². The Balaban J connectivity index is 2.63. The normalized spacial score (nSPS) is 26.2. The van der Waals surface area contributed by atoms with Crippen molar-refractivity contribution in [3.05, 3.63) is 0 Å². The minimum Gasteiger partial charge on any atom is -0.378 e. The van der Waals surface area contributed by atoms with E-state index in [-0.39, 0.29) is 24.4 Å². The fraction of sp³-hybridized carbons (Fsp3) is 1.00. The van der Waals surface area contributed by atoms with E-state index in [0.29, 0.717) is 26.0 Å². The van der Waals surface area contributed by atoms with Gasteiger partial charge in [0.05, 0.1) is 6.10 Å². The lowest BCUT2D eigenvalue weighted by atomic mass is 9.69. The highest BCUT2D eigenvalue weighted by molar-refractivity contribution is 4.93. The van der Waals surface area contributed by atoms with Gasteiger partial charge in [-0.15, -0.1) is 0 Å². The van der Waals surface area contributed by atoms with Gasteiger partial charge in [0.1, 0.15) is 0 Å². The van der Waals surface area contributed by atoms with Gasteiger partial charge >= 0.3 is 0 Å². The molecule has 0 radical (unpaired) electrons. The Morgan fingerprint density at radius 2 is 1.80 bits per heavy atom. The van der Waals surface area contributed by atoms with Crippen LogP contribution in [0.4, 0.5) is 8.78 Å². The predicted molar refractivity (Wildman–Crippen MR) is 56.0 cm³/mol. The van der Waals surface area contributed by atoms with Crippen LogP contribution in [0.5, 0.6) is 0 Å². The van der Waals surface area contributed by atoms with Crippen LogP contribution in [0.2, 0.25) is 0 Å². The van der Waals surface area contributed by atoms with Gasteiger partial charge in [-0.25, -0.2) is 8.78 Å². The molecular formula is C11H21F2NO. The first-order chi connectivity index (χ1) is 6.96. The highest BCUT2D eigenvalue weighted by Crippen LogP contribution is 2.45. The van der Waals surface area contributed by atoms with Crippen molar-refractivity contribution < 1.29 is 13.5 Å². The average Bonchev–Trinajstić information content (AvgIpc) is 2.19. The first-order valence-electron chi connectivity index (χ1n) is 5.65. The molecule has 0 amide bonds. The first-order valence-corrected chi connectivity index (χ1v) is 5.65. The van der Waals surface area contributed by atoms with Gasteiger partial charge in [-0.05, 0) is 26.7 Å². The molecule has 0 aliphatic heterocycles. The third-order valence-electron chi connectivity index (χ3n) is 3.66. The lowest BCUT2D eigenvalue weighted by molar-refractivity contribution is -0.107. The van der Waals surface area contributed by atoms with Gasteiger partial charge in [0.2, 0.25) is 5.92 Å². The molecule has 0 heterocycles. The van der Waals surface area contributed by atoms with Crippen molar-refractivity contribution in [3.8, 4) is 0 Å². The number of nitrogens with two attached hydrogens (primary N) is 1. The average molecular weight is 221 g/mol. The summed E-state index contributed by atoms with van der Waals surface area (Å²) in [5.41, 5.74) is 5.49. The minimum absolute atomic E-state index is 0.0244. The second kappa shape index (κ2) is 4.74. The Morgan fingerprint density at radius 1 is 1.27 bits per heavy atom. The lowest BCUT2D eigenvalue weighted by Crippen LogP contribution is -2.46. The molecule has 4 heteroatoms. The zero-order chi connectivity index (χ0) is 11.5. The number of hydrogen-bond donors (Lipinski definition) is 1. The van der Waals surface area contributed by atoms with Crippen LogP contribution in [0.1, 0.15) is 39.5 Å². The smallest absolute Gasteiger partial charge is 0.248 e. The summed E-state index contributed by atoms with van der Waals surface area (Å²) in [6, 6.07) is 0. The van der Waals surface area contributed by atoms with Gasteiger partial charge in [-0.3, -0.25) is 0 Å². The van der Waals surface area contributed by atoms with Gasteiger partial charge in [-0.2, -0.15) is 0 Å². The summed E-state index contributed by atoms with van der Waals surface area (Å²) in [5, 5.41) is 0. The zero-order valence-corrected chi connectivity index (χ0v) is 9.56. The van der Waals surface area contributed by atoms with E-state index in [2.05, 4.69) is 0 Å². The molecule has 1 fully saturated rings. The van der Waals surface area contributed by atoms with Crippen molar-refractivity contribution in [1.82, 2.24) is 0 Å². The van der Waals surface area contributed by atoms with Crippen molar-refractivity contribution in [2.75, 3.05) is 13.2 Å². The third-order valence-corrected chi connectivity index (χ3v) is 3.66. The van der Waals surface area contributed by atoms with E-state index >= 15 is 0 Å². The van der Waals surface area contributed by atoms with Crippen molar-refractivity contribution in [2.24, 2.45) is 11.1 Å².